The van der Waals surface area contributed by atoms with Crippen LogP contribution in [0.25, 0.3) is 11.0 Å². The number of ether oxygens (including phenoxy) is 1. The van der Waals surface area contributed by atoms with Gasteiger partial charge in [-0.3, -0.25) is 0 Å². The quantitative estimate of drug-likeness (QED) is 0.780. The summed E-state index contributed by atoms with van der Waals surface area (Å²) in [6.07, 6.45) is 0.696. The lowest BCUT2D eigenvalue weighted by Gasteiger charge is -2.09. The van der Waals surface area contributed by atoms with Gasteiger partial charge in [-0.1, -0.05) is 35.9 Å². The van der Waals surface area contributed by atoms with Gasteiger partial charge in [0, 0.05) is 5.39 Å². The summed E-state index contributed by atoms with van der Waals surface area (Å²) in [6, 6.07) is 15.3. The molecule has 2 aromatic carbocycles. The van der Waals surface area contributed by atoms with Crippen molar-refractivity contribution in [1.82, 2.24) is 0 Å². The van der Waals surface area contributed by atoms with E-state index in [0.29, 0.717) is 17.0 Å². The summed E-state index contributed by atoms with van der Waals surface area (Å²) in [7, 11) is 1.65. The normalized spacial score (nSPS) is 12.5. The van der Waals surface area contributed by atoms with Crippen LogP contribution in [0.2, 0.25) is 5.02 Å². The molecule has 1 heterocycles. The van der Waals surface area contributed by atoms with E-state index in [1.807, 2.05) is 48.5 Å². The Kier molecular flexibility index (Phi) is 3.86. The van der Waals surface area contributed by atoms with Gasteiger partial charge in [-0.15, -0.1) is 0 Å². The molecule has 21 heavy (non-hydrogen) atoms. The fraction of sp³-hybridized carbons (Fsp3) is 0.176. The monoisotopic (exact) mass is 301 g/mol. The lowest BCUT2D eigenvalue weighted by Crippen LogP contribution is -2.12. The van der Waals surface area contributed by atoms with Crippen molar-refractivity contribution < 1.29 is 9.15 Å². The van der Waals surface area contributed by atoms with Gasteiger partial charge >= 0.3 is 0 Å². The maximum atomic E-state index is 6.24. The van der Waals surface area contributed by atoms with Crippen LogP contribution >= 0.6 is 11.6 Å². The molecule has 1 atom stereocenters. The van der Waals surface area contributed by atoms with E-state index < -0.39 is 0 Å². The fourth-order valence-corrected chi connectivity index (χ4v) is 2.57. The highest BCUT2D eigenvalue weighted by atomic mass is 35.5. The van der Waals surface area contributed by atoms with Gasteiger partial charge in [-0.05, 0) is 36.2 Å². The molecule has 2 N–H and O–H groups in total. The van der Waals surface area contributed by atoms with E-state index in [4.69, 9.17) is 26.5 Å². The van der Waals surface area contributed by atoms with E-state index in [-0.39, 0.29) is 6.04 Å². The Morgan fingerprint density at radius 2 is 1.95 bits per heavy atom. The molecule has 0 saturated heterocycles. The molecular formula is C17H16ClNO2. The van der Waals surface area contributed by atoms with Gasteiger partial charge < -0.3 is 14.9 Å². The number of para-hydroxylation sites is 1. The van der Waals surface area contributed by atoms with Gasteiger partial charge in [0.2, 0.25) is 0 Å². The number of hydrogen-bond acceptors (Lipinski definition) is 3. The topological polar surface area (TPSA) is 48.4 Å². The Morgan fingerprint density at radius 1 is 1.19 bits per heavy atom. The van der Waals surface area contributed by atoms with Crippen molar-refractivity contribution in [2.45, 2.75) is 12.5 Å². The third kappa shape index (κ3) is 2.89. The molecule has 108 valence electrons. The second kappa shape index (κ2) is 5.80. The molecule has 0 aliphatic carbocycles. The summed E-state index contributed by atoms with van der Waals surface area (Å²) in [5.74, 6) is 1.58. The van der Waals surface area contributed by atoms with Crippen molar-refractivity contribution in [3.8, 4) is 5.75 Å². The zero-order valence-corrected chi connectivity index (χ0v) is 12.4. The van der Waals surface area contributed by atoms with Crippen LogP contribution in [-0.4, -0.2) is 7.11 Å². The molecule has 0 aliphatic rings. The average molecular weight is 302 g/mol. The van der Waals surface area contributed by atoms with Crippen LogP contribution in [-0.2, 0) is 6.42 Å². The highest BCUT2D eigenvalue weighted by Crippen LogP contribution is 2.29. The van der Waals surface area contributed by atoms with Gasteiger partial charge in [0.15, 0.2) is 5.58 Å². The molecule has 3 aromatic rings. The van der Waals surface area contributed by atoms with Crippen LogP contribution in [0, 0.1) is 0 Å². The standard InChI is InChI=1S/C17H16ClNO2/c1-20-13-7-5-11(6-8-13)9-15(19)16-10-12-3-2-4-14(18)17(12)21-16/h2-8,10,15H,9,19H2,1H3. The molecule has 1 aromatic heterocycles. The SMILES string of the molecule is COc1ccc(CC(N)c2cc3cccc(Cl)c3o2)cc1. The first-order chi connectivity index (χ1) is 10.2. The molecule has 0 spiro atoms. The summed E-state index contributed by atoms with van der Waals surface area (Å²) < 4.78 is 10.9. The number of hydrogen-bond donors (Lipinski definition) is 1. The van der Waals surface area contributed by atoms with E-state index in [9.17, 15) is 0 Å². The van der Waals surface area contributed by atoms with Gasteiger partial charge in [-0.25, -0.2) is 0 Å². The van der Waals surface area contributed by atoms with E-state index in [1.54, 1.807) is 7.11 Å². The molecule has 0 amide bonds. The van der Waals surface area contributed by atoms with Crippen molar-refractivity contribution in [3.63, 3.8) is 0 Å². The number of methoxy groups -OCH3 is 1. The summed E-state index contributed by atoms with van der Waals surface area (Å²) in [4.78, 5) is 0. The Bertz CT molecular complexity index is 749. The predicted octanol–water partition coefficient (Wildman–Crippen LogP) is 4.34. The average Bonchev–Trinajstić information content (AvgIpc) is 2.94. The van der Waals surface area contributed by atoms with Gasteiger partial charge in [0.25, 0.3) is 0 Å². The van der Waals surface area contributed by atoms with Crippen LogP contribution in [0.15, 0.2) is 52.9 Å². The summed E-state index contributed by atoms with van der Waals surface area (Å²) in [6.45, 7) is 0. The first kappa shape index (κ1) is 14.0. The minimum Gasteiger partial charge on any atom is -0.497 e. The van der Waals surface area contributed by atoms with Crippen molar-refractivity contribution in [2.24, 2.45) is 5.73 Å². The molecule has 1 unspecified atom stereocenters. The highest BCUT2D eigenvalue weighted by Gasteiger charge is 2.14. The lowest BCUT2D eigenvalue weighted by molar-refractivity contribution is 0.414. The van der Waals surface area contributed by atoms with E-state index in [0.717, 1.165) is 22.5 Å². The van der Waals surface area contributed by atoms with Crippen LogP contribution in [0.3, 0.4) is 0 Å². The lowest BCUT2D eigenvalue weighted by atomic mass is 10.0. The second-order valence-electron chi connectivity index (χ2n) is 4.97. The number of nitrogens with two attached hydrogens (primary N) is 1. The van der Waals surface area contributed by atoms with Crippen LogP contribution in [0.1, 0.15) is 17.4 Å². The molecule has 3 nitrogen and oxygen atoms in total. The number of benzene rings is 2. The summed E-state index contributed by atoms with van der Waals surface area (Å²) in [5, 5.41) is 1.58. The minimum absolute atomic E-state index is 0.207. The summed E-state index contributed by atoms with van der Waals surface area (Å²) >= 11 is 6.12. The predicted molar refractivity (Wildman–Crippen MR) is 84.9 cm³/mol. The maximum absolute atomic E-state index is 6.24. The van der Waals surface area contributed by atoms with Crippen molar-refractivity contribution in [3.05, 3.63) is 64.9 Å². The fourth-order valence-electron chi connectivity index (χ4n) is 2.35. The van der Waals surface area contributed by atoms with E-state index in [2.05, 4.69) is 0 Å². The van der Waals surface area contributed by atoms with Crippen LogP contribution < -0.4 is 10.5 Å². The Labute approximate surface area is 128 Å². The Hall–Kier alpha value is -1.97. The maximum Gasteiger partial charge on any atom is 0.152 e. The van der Waals surface area contributed by atoms with Crippen molar-refractivity contribution >= 4 is 22.6 Å². The van der Waals surface area contributed by atoms with Crippen LogP contribution in [0.5, 0.6) is 5.75 Å². The van der Waals surface area contributed by atoms with E-state index >= 15 is 0 Å². The number of fused-ring (bicyclic) bond motifs is 1. The first-order valence-electron chi connectivity index (χ1n) is 6.74. The smallest absolute Gasteiger partial charge is 0.152 e. The molecule has 0 saturated carbocycles. The minimum atomic E-state index is -0.207. The van der Waals surface area contributed by atoms with Gasteiger partial charge in [0.05, 0.1) is 18.2 Å². The summed E-state index contributed by atoms with van der Waals surface area (Å²) in [5.41, 5.74) is 8.07. The highest BCUT2D eigenvalue weighted by molar-refractivity contribution is 6.34. The Balaban J connectivity index is 1.82. The molecule has 4 heteroatoms. The van der Waals surface area contributed by atoms with Gasteiger partial charge in [0.1, 0.15) is 11.5 Å². The van der Waals surface area contributed by atoms with Gasteiger partial charge in [-0.2, -0.15) is 0 Å². The first-order valence-corrected chi connectivity index (χ1v) is 7.11. The molecule has 0 radical (unpaired) electrons. The molecule has 0 bridgehead atoms. The Morgan fingerprint density at radius 3 is 2.62 bits per heavy atom. The van der Waals surface area contributed by atoms with E-state index in [1.165, 1.54) is 0 Å². The van der Waals surface area contributed by atoms with Crippen molar-refractivity contribution in [2.75, 3.05) is 7.11 Å². The number of furan rings is 1. The van der Waals surface area contributed by atoms with Crippen molar-refractivity contribution in [1.29, 1.82) is 0 Å². The zero-order valence-electron chi connectivity index (χ0n) is 11.7. The van der Waals surface area contributed by atoms with Crippen LogP contribution in [0.4, 0.5) is 0 Å². The number of rotatable bonds is 4. The number of halogens is 1. The third-order valence-corrected chi connectivity index (χ3v) is 3.79. The third-order valence-electron chi connectivity index (χ3n) is 3.50. The largest absolute Gasteiger partial charge is 0.497 e. The molecule has 0 fully saturated rings. The molecule has 3 rings (SSSR count). The zero-order chi connectivity index (χ0) is 14.8. The second-order valence-corrected chi connectivity index (χ2v) is 5.37. The molecule has 0 aliphatic heterocycles. The molecular weight excluding hydrogens is 286 g/mol.